The zero-order chi connectivity index (χ0) is 10.2. The van der Waals surface area contributed by atoms with Crippen molar-refractivity contribution in [2.45, 2.75) is 39.2 Å². The molecule has 0 bridgehead atoms. The highest BCUT2D eigenvalue weighted by Gasteiger charge is 2.33. The molecule has 0 aromatic rings. The van der Waals surface area contributed by atoms with Crippen molar-refractivity contribution in [1.29, 1.82) is 0 Å². The maximum absolute atomic E-state index is 5.27. The molecule has 0 saturated carbocycles. The summed E-state index contributed by atoms with van der Waals surface area (Å²) in [5.41, 5.74) is 0.362. The Balaban J connectivity index is 1.80. The first kappa shape index (κ1) is 10.4. The number of ether oxygens (including phenoxy) is 1. The summed E-state index contributed by atoms with van der Waals surface area (Å²) in [5.74, 6) is 1.83. The molecule has 0 amide bonds. The molecular formula is C12H23NO. The summed E-state index contributed by atoms with van der Waals surface area (Å²) in [4.78, 5) is 2.61. The fraction of sp³-hybridized carbons (Fsp3) is 1.00. The number of hydrogen-bond donors (Lipinski definition) is 0. The van der Waals surface area contributed by atoms with Gasteiger partial charge in [0.15, 0.2) is 0 Å². The molecule has 2 heteroatoms. The lowest BCUT2D eigenvalue weighted by Gasteiger charge is -2.44. The molecule has 82 valence electrons. The molecule has 2 rings (SSSR count). The minimum absolute atomic E-state index is 0.362. The van der Waals surface area contributed by atoms with Crippen molar-refractivity contribution in [2.75, 3.05) is 26.3 Å². The molecule has 2 fully saturated rings. The third-order valence-corrected chi connectivity index (χ3v) is 3.82. The summed E-state index contributed by atoms with van der Waals surface area (Å²) in [5, 5.41) is 0. The second-order valence-electron chi connectivity index (χ2n) is 5.79. The summed E-state index contributed by atoms with van der Waals surface area (Å²) in [6.07, 6.45) is 2.76. The second kappa shape index (κ2) is 3.82. The van der Waals surface area contributed by atoms with Crippen LogP contribution in [0.25, 0.3) is 0 Å². The summed E-state index contributed by atoms with van der Waals surface area (Å²) < 4.78 is 5.27. The van der Waals surface area contributed by atoms with E-state index in [9.17, 15) is 0 Å². The number of piperidine rings is 1. The fourth-order valence-corrected chi connectivity index (χ4v) is 2.57. The molecule has 2 aliphatic rings. The SMILES string of the molecule is CC(C)(C)N1CCC(C2COC2)CC1. The maximum Gasteiger partial charge on any atom is 0.0519 e. The predicted octanol–water partition coefficient (Wildman–Crippen LogP) is 2.14. The molecule has 0 radical (unpaired) electrons. The zero-order valence-electron chi connectivity index (χ0n) is 9.75. The van der Waals surface area contributed by atoms with Gasteiger partial charge in [-0.1, -0.05) is 0 Å². The molecule has 0 aromatic heterocycles. The number of likely N-dealkylation sites (tertiary alicyclic amines) is 1. The van der Waals surface area contributed by atoms with Crippen molar-refractivity contribution in [1.82, 2.24) is 4.90 Å². The molecule has 14 heavy (non-hydrogen) atoms. The topological polar surface area (TPSA) is 12.5 Å². The Kier molecular flexibility index (Phi) is 2.85. The molecule has 2 saturated heterocycles. The highest BCUT2D eigenvalue weighted by atomic mass is 16.5. The minimum atomic E-state index is 0.362. The molecule has 2 nitrogen and oxygen atoms in total. The van der Waals surface area contributed by atoms with Crippen LogP contribution in [0.4, 0.5) is 0 Å². The van der Waals surface area contributed by atoms with Gasteiger partial charge >= 0.3 is 0 Å². The Morgan fingerprint density at radius 2 is 1.57 bits per heavy atom. The lowest BCUT2D eigenvalue weighted by atomic mass is 9.82. The number of nitrogens with zero attached hydrogens (tertiary/aromatic N) is 1. The standard InChI is InChI=1S/C12H23NO/c1-12(2,3)13-6-4-10(5-7-13)11-8-14-9-11/h10-11H,4-9H2,1-3H3. The van der Waals surface area contributed by atoms with Gasteiger partial charge < -0.3 is 4.74 Å². The summed E-state index contributed by atoms with van der Waals surface area (Å²) in [6, 6.07) is 0. The molecular weight excluding hydrogens is 174 g/mol. The predicted molar refractivity (Wildman–Crippen MR) is 58.4 cm³/mol. The van der Waals surface area contributed by atoms with E-state index < -0.39 is 0 Å². The van der Waals surface area contributed by atoms with Gasteiger partial charge in [0.25, 0.3) is 0 Å². The third-order valence-electron chi connectivity index (χ3n) is 3.82. The van der Waals surface area contributed by atoms with E-state index in [1.807, 2.05) is 0 Å². The molecule has 0 N–H and O–H groups in total. The highest BCUT2D eigenvalue weighted by Crippen LogP contribution is 2.32. The molecule has 0 aliphatic carbocycles. The lowest BCUT2D eigenvalue weighted by molar-refractivity contribution is -0.0766. The third kappa shape index (κ3) is 2.12. The van der Waals surface area contributed by atoms with E-state index >= 15 is 0 Å². The second-order valence-corrected chi connectivity index (χ2v) is 5.79. The van der Waals surface area contributed by atoms with Gasteiger partial charge in [-0.15, -0.1) is 0 Å². The van der Waals surface area contributed by atoms with Crippen LogP contribution in [0.5, 0.6) is 0 Å². The smallest absolute Gasteiger partial charge is 0.0519 e. The Morgan fingerprint density at radius 3 is 1.93 bits per heavy atom. The summed E-state index contributed by atoms with van der Waals surface area (Å²) in [6.45, 7) is 11.6. The molecule has 0 spiro atoms. The highest BCUT2D eigenvalue weighted by molar-refractivity contribution is 4.85. The van der Waals surface area contributed by atoms with Crippen LogP contribution in [0.15, 0.2) is 0 Å². The average Bonchev–Trinajstić information content (AvgIpc) is 2.00. The minimum Gasteiger partial charge on any atom is -0.381 e. The van der Waals surface area contributed by atoms with Crippen molar-refractivity contribution in [3.8, 4) is 0 Å². The molecule has 0 atom stereocenters. The first-order valence-electron chi connectivity index (χ1n) is 5.90. The maximum atomic E-state index is 5.27. The van der Waals surface area contributed by atoms with E-state index in [0.717, 1.165) is 25.0 Å². The van der Waals surface area contributed by atoms with Gasteiger partial charge in [-0.05, 0) is 52.6 Å². The summed E-state index contributed by atoms with van der Waals surface area (Å²) in [7, 11) is 0. The molecule has 0 aromatic carbocycles. The van der Waals surface area contributed by atoms with E-state index in [1.54, 1.807) is 0 Å². The fourth-order valence-electron chi connectivity index (χ4n) is 2.57. The van der Waals surface area contributed by atoms with E-state index in [-0.39, 0.29) is 0 Å². The largest absolute Gasteiger partial charge is 0.381 e. The van der Waals surface area contributed by atoms with E-state index in [4.69, 9.17) is 4.74 Å². The van der Waals surface area contributed by atoms with Crippen molar-refractivity contribution in [3.63, 3.8) is 0 Å². The van der Waals surface area contributed by atoms with Crippen LogP contribution in [0.2, 0.25) is 0 Å². The lowest BCUT2D eigenvalue weighted by Crippen LogP contribution is -2.48. The Bertz CT molecular complexity index is 185. The van der Waals surface area contributed by atoms with Crippen molar-refractivity contribution in [2.24, 2.45) is 11.8 Å². The van der Waals surface area contributed by atoms with Crippen LogP contribution in [0, 0.1) is 11.8 Å². The summed E-state index contributed by atoms with van der Waals surface area (Å²) >= 11 is 0. The normalized spacial score (nSPS) is 27.6. The van der Waals surface area contributed by atoms with Gasteiger partial charge in [0.1, 0.15) is 0 Å². The van der Waals surface area contributed by atoms with E-state index in [1.165, 1.54) is 25.9 Å². The van der Waals surface area contributed by atoms with E-state index in [0.29, 0.717) is 5.54 Å². The Labute approximate surface area is 87.6 Å². The van der Waals surface area contributed by atoms with Gasteiger partial charge in [-0.2, -0.15) is 0 Å². The van der Waals surface area contributed by atoms with Crippen molar-refractivity contribution >= 4 is 0 Å². The average molecular weight is 197 g/mol. The molecule has 2 aliphatic heterocycles. The quantitative estimate of drug-likeness (QED) is 0.638. The molecule has 0 unspecified atom stereocenters. The van der Waals surface area contributed by atoms with Crippen LogP contribution < -0.4 is 0 Å². The molecule has 2 heterocycles. The first-order chi connectivity index (χ1) is 6.57. The Morgan fingerprint density at radius 1 is 1.00 bits per heavy atom. The van der Waals surface area contributed by atoms with Crippen LogP contribution in [-0.4, -0.2) is 36.7 Å². The van der Waals surface area contributed by atoms with Gasteiger partial charge in [0, 0.05) is 11.5 Å². The Hall–Kier alpha value is -0.0800. The van der Waals surface area contributed by atoms with Crippen LogP contribution in [0.3, 0.4) is 0 Å². The van der Waals surface area contributed by atoms with Gasteiger partial charge in [0.05, 0.1) is 13.2 Å². The van der Waals surface area contributed by atoms with Gasteiger partial charge in [0.2, 0.25) is 0 Å². The van der Waals surface area contributed by atoms with Gasteiger partial charge in [-0.25, -0.2) is 0 Å². The van der Waals surface area contributed by atoms with E-state index in [2.05, 4.69) is 25.7 Å². The monoisotopic (exact) mass is 197 g/mol. The van der Waals surface area contributed by atoms with Crippen LogP contribution >= 0.6 is 0 Å². The van der Waals surface area contributed by atoms with Crippen molar-refractivity contribution < 1.29 is 4.74 Å². The van der Waals surface area contributed by atoms with Crippen molar-refractivity contribution in [3.05, 3.63) is 0 Å². The number of rotatable bonds is 1. The van der Waals surface area contributed by atoms with Gasteiger partial charge in [-0.3, -0.25) is 4.90 Å². The zero-order valence-corrected chi connectivity index (χ0v) is 9.75. The number of hydrogen-bond acceptors (Lipinski definition) is 2. The van der Waals surface area contributed by atoms with Crippen LogP contribution in [0.1, 0.15) is 33.6 Å². The first-order valence-corrected chi connectivity index (χ1v) is 5.90. The van der Waals surface area contributed by atoms with Crippen LogP contribution in [-0.2, 0) is 4.74 Å².